The number of hydrogen-bond donors (Lipinski definition) is 2. The second-order valence-electron chi connectivity index (χ2n) is 3.68. The third-order valence-corrected chi connectivity index (χ3v) is 2.64. The predicted octanol–water partition coefficient (Wildman–Crippen LogP) is 1.30. The van der Waals surface area contributed by atoms with Gasteiger partial charge in [-0.15, -0.1) is 0 Å². The van der Waals surface area contributed by atoms with E-state index in [4.69, 9.17) is 5.73 Å². The minimum atomic E-state index is 0.354. The van der Waals surface area contributed by atoms with Gasteiger partial charge in [0.1, 0.15) is 0 Å². The lowest BCUT2D eigenvalue weighted by Crippen LogP contribution is -2.30. The summed E-state index contributed by atoms with van der Waals surface area (Å²) in [6.07, 6.45) is 3.79. The second kappa shape index (κ2) is 5.00. The Morgan fingerprint density at radius 2 is 2.29 bits per heavy atom. The smallest absolute Gasteiger partial charge is 0.202 e. The highest BCUT2D eigenvalue weighted by Gasteiger charge is 2.11. The van der Waals surface area contributed by atoms with Crippen LogP contribution in [-0.4, -0.2) is 22.1 Å². The second-order valence-corrected chi connectivity index (χ2v) is 3.68. The topological polar surface area (TPSA) is 55.9 Å². The zero-order valence-corrected chi connectivity index (χ0v) is 9.20. The van der Waals surface area contributed by atoms with Crippen molar-refractivity contribution in [3.05, 3.63) is 12.4 Å². The fraction of sp³-hybridized carbons (Fsp3) is 0.700. The van der Waals surface area contributed by atoms with Crippen LogP contribution < -0.4 is 11.1 Å². The van der Waals surface area contributed by atoms with E-state index in [0.29, 0.717) is 18.5 Å². The average Bonchev–Trinajstić information content (AvgIpc) is 2.63. The molecule has 1 aromatic rings. The standard InChI is InChI=1S/C10H20N4/c1-4-14-6-5-12-10(14)13-9(3)8(2)7-11/h5-6,8-9H,4,7,11H2,1-3H3,(H,12,13). The van der Waals surface area contributed by atoms with E-state index in [1.165, 1.54) is 0 Å². The first-order valence-corrected chi connectivity index (χ1v) is 5.16. The van der Waals surface area contributed by atoms with Gasteiger partial charge in [0.25, 0.3) is 0 Å². The summed E-state index contributed by atoms with van der Waals surface area (Å²) in [5, 5.41) is 3.36. The lowest BCUT2D eigenvalue weighted by Gasteiger charge is -2.20. The van der Waals surface area contributed by atoms with E-state index in [9.17, 15) is 0 Å². The fourth-order valence-electron chi connectivity index (χ4n) is 1.25. The monoisotopic (exact) mass is 196 g/mol. The molecule has 0 aromatic carbocycles. The SMILES string of the molecule is CCn1ccnc1NC(C)C(C)CN. The van der Waals surface area contributed by atoms with Crippen molar-refractivity contribution in [1.82, 2.24) is 9.55 Å². The lowest BCUT2D eigenvalue weighted by atomic mass is 10.0. The third-order valence-electron chi connectivity index (χ3n) is 2.64. The molecular weight excluding hydrogens is 176 g/mol. The molecule has 4 nitrogen and oxygen atoms in total. The summed E-state index contributed by atoms with van der Waals surface area (Å²) >= 11 is 0. The molecule has 1 aromatic heterocycles. The number of rotatable bonds is 5. The van der Waals surface area contributed by atoms with Crippen LogP contribution in [0.5, 0.6) is 0 Å². The molecule has 0 spiro atoms. The number of hydrogen-bond acceptors (Lipinski definition) is 3. The average molecular weight is 196 g/mol. The first kappa shape index (κ1) is 11.0. The van der Waals surface area contributed by atoms with Gasteiger partial charge in [-0.05, 0) is 26.3 Å². The number of anilines is 1. The van der Waals surface area contributed by atoms with Gasteiger partial charge in [0.05, 0.1) is 0 Å². The number of aryl methyl sites for hydroxylation is 1. The van der Waals surface area contributed by atoms with Crippen molar-refractivity contribution >= 4 is 5.95 Å². The first-order chi connectivity index (χ1) is 6.69. The van der Waals surface area contributed by atoms with Crippen molar-refractivity contribution in [2.45, 2.75) is 33.4 Å². The summed E-state index contributed by atoms with van der Waals surface area (Å²) in [4.78, 5) is 4.25. The molecule has 4 heteroatoms. The van der Waals surface area contributed by atoms with E-state index in [-0.39, 0.29) is 0 Å². The van der Waals surface area contributed by atoms with Crippen molar-refractivity contribution in [2.75, 3.05) is 11.9 Å². The Bertz CT molecular complexity index is 269. The summed E-state index contributed by atoms with van der Waals surface area (Å²) in [5.74, 6) is 1.39. The molecular formula is C10H20N4. The van der Waals surface area contributed by atoms with Gasteiger partial charge < -0.3 is 15.6 Å². The highest BCUT2D eigenvalue weighted by molar-refractivity contribution is 5.27. The zero-order chi connectivity index (χ0) is 10.6. The molecule has 1 rings (SSSR count). The van der Waals surface area contributed by atoms with Gasteiger partial charge in [0.15, 0.2) is 0 Å². The van der Waals surface area contributed by atoms with Crippen LogP contribution in [0.3, 0.4) is 0 Å². The fourth-order valence-corrected chi connectivity index (χ4v) is 1.25. The molecule has 0 fully saturated rings. The Balaban J connectivity index is 2.59. The maximum atomic E-state index is 5.61. The van der Waals surface area contributed by atoms with Crippen molar-refractivity contribution in [3.63, 3.8) is 0 Å². The number of nitrogens with zero attached hydrogens (tertiary/aromatic N) is 2. The van der Waals surface area contributed by atoms with Crippen LogP contribution in [0.2, 0.25) is 0 Å². The quantitative estimate of drug-likeness (QED) is 0.746. The molecule has 3 N–H and O–H groups in total. The summed E-state index contributed by atoms with van der Waals surface area (Å²) in [6, 6.07) is 0.354. The van der Waals surface area contributed by atoms with Crippen LogP contribution in [0.15, 0.2) is 12.4 Å². The van der Waals surface area contributed by atoms with Gasteiger partial charge in [-0.3, -0.25) is 0 Å². The van der Waals surface area contributed by atoms with Gasteiger partial charge in [-0.25, -0.2) is 4.98 Å². The Morgan fingerprint density at radius 1 is 1.57 bits per heavy atom. The molecule has 0 aliphatic heterocycles. The largest absolute Gasteiger partial charge is 0.353 e. The molecule has 0 aliphatic rings. The molecule has 0 bridgehead atoms. The normalized spacial score (nSPS) is 15.1. The highest BCUT2D eigenvalue weighted by atomic mass is 15.2. The first-order valence-electron chi connectivity index (χ1n) is 5.16. The number of nitrogens with one attached hydrogen (secondary N) is 1. The van der Waals surface area contributed by atoms with Gasteiger partial charge in [0, 0.05) is 25.0 Å². The Hall–Kier alpha value is -1.03. The van der Waals surface area contributed by atoms with Gasteiger partial charge in [-0.1, -0.05) is 6.92 Å². The van der Waals surface area contributed by atoms with Gasteiger partial charge in [0.2, 0.25) is 5.95 Å². The maximum absolute atomic E-state index is 5.61. The van der Waals surface area contributed by atoms with Gasteiger partial charge >= 0.3 is 0 Å². The minimum Gasteiger partial charge on any atom is -0.353 e. The number of imidazole rings is 1. The van der Waals surface area contributed by atoms with E-state index in [0.717, 1.165) is 12.5 Å². The Kier molecular flexibility index (Phi) is 3.95. The summed E-state index contributed by atoms with van der Waals surface area (Å²) in [6.45, 7) is 8.00. The van der Waals surface area contributed by atoms with Crippen molar-refractivity contribution < 1.29 is 0 Å². The predicted molar refractivity (Wildman–Crippen MR) is 59.2 cm³/mol. The van der Waals surface area contributed by atoms with Crippen LogP contribution >= 0.6 is 0 Å². The van der Waals surface area contributed by atoms with E-state index in [1.807, 2.05) is 12.4 Å². The molecule has 0 saturated carbocycles. The van der Waals surface area contributed by atoms with E-state index in [2.05, 4.69) is 35.6 Å². The number of nitrogens with two attached hydrogens (primary N) is 1. The van der Waals surface area contributed by atoms with Crippen molar-refractivity contribution in [2.24, 2.45) is 11.7 Å². The molecule has 0 amide bonds. The minimum absolute atomic E-state index is 0.354. The molecule has 1 heterocycles. The molecule has 14 heavy (non-hydrogen) atoms. The molecule has 2 atom stereocenters. The molecule has 80 valence electrons. The maximum Gasteiger partial charge on any atom is 0.202 e. The molecule has 0 radical (unpaired) electrons. The summed E-state index contributed by atoms with van der Waals surface area (Å²) < 4.78 is 2.08. The molecule has 0 saturated heterocycles. The Morgan fingerprint density at radius 3 is 2.86 bits per heavy atom. The Labute approximate surface area is 85.5 Å². The van der Waals surface area contributed by atoms with Crippen LogP contribution in [0.4, 0.5) is 5.95 Å². The van der Waals surface area contributed by atoms with Gasteiger partial charge in [-0.2, -0.15) is 0 Å². The lowest BCUT2D eigenvalue weighted by molar-refractivity contribution is 0.515. The summed E-state index contributed by atoms with van der Waals surface area (Å²) in [5.41, 5.74) is 5.61. The van der Waals surface area contributed by atoms with E-state index in [1.54, 1.807) is 0 Å². The van der Waals surface area contributed by atoms with Crippen LogP contribution in [0.25, 0.3) is 0 Å². The van der Waals surface area contributed by atoms with Crippen molar-refractivity contribution in [1.29, 1.82) is 0 Å². The van der Waals surface area contributed by atoms with Crippen LogP contribution in [0.1, 0.15) is 20.8 Å². The zero-order valence-electron chi connectivity index (χ0n) is 9.20. The van der Waals surface area contributed by atoms with Crippen LogP contribution in [-0.2, 0) is 6.54 Å². The summed E-state index contributed by atoms with van der Waals surface area (Å²) in [7, 11) is 0. The molecule has 0 aliphatic carbocycles. The third kappa shape index (κ3) is 2.48. The van der Waals surface area contributed by atoms with E-state index >= 15 is 0 Å². The highest BCUT2D eigenvalue weighted by Crippen LogP contribution is 2.10. The molecule has 2 unspecified atom stereocenters. The van der Waals surface area contributed by atoms with Crippen LogP contribution in [0, 0.1) is 5.92 Å². The van der Waals surface area contributed by atoms with E-state index < -0.39 is 0 Å². The van der Waals surface area contributed by atoms with Crippen molar-refractivity contribution in [3.8, 4) is 0 Å². The number of aromatic nitrogens is 2.